The third-order valence-electron chi connectivity index (χ3n) is 5.46. The molecule has 0 atom stereocenters. The molecule has 0 bridgehead atoms. The van der Waals surface area contributed by atoms with E-state index in [0.29, 0.717) is 12.2 Å². The summed E-state index contributed by atoms with van der Waals surface area (Å²) in [7, 11) is 3.48. The molecule has 0 spiro atoms. The first-order chi connectivity index (χ1) is 15.2. The van der Waals surface area contributed by atoms with Gasteiger partial charge in [0.2, 0.25) is 0 Å². The lowest BCUT2D eigenvalue weighted by Gasteiger charge is -2.38. The number of halogens is 2. The van der Waals surface area contributed by atoms with Crippen molar-refractivity contribution in [3.8, 4) is 11.4 Å². The van der Waals surface area contributed by atoms with Gasteiger partial charge in [-0.3, -0.25) is 4.99 Å². The van der Waals surface area contributed by atoms with Crippen LogP contribution in [0.5, 0.6) is 5.75 Å². The molecular formula is C23H28FIN6O. The molecule has 9 heteroatoms. The summed E-state index contributed by atoms with van der Waals surface area (Å²) in [4.78, 5) is 12.9. The lowest BCUT2D eigenvalue weighted by Crippen LogP contribution is -2.52. The smallest absolute Gasteiger partial charge is 0.194 e. The quantitative estimate of drug-likeness (QED) is 0.300. The third-order valence-corrected chi connectivity index (χ3v) is 5.46. The number of aromatic nitrogens is 2. The molecule has 1 aliphatic heterocycles. The van der Waals surface area contributed by atoms with Crippen molar-refractivity contribution in [2.45, 2.75) is 6.54 Å². The van der Waals surface area contributed by atoms with E-state index in [4.69, 9.17) is 4.74 Å². The number of ether oxygens (including phenoxy) is 1. The van der Waals surface area contributed by atoms with Gasteiger partial charge in [0.15, 0.2) is 5.96 Å². The topological polar surface area (TPSA) is 57.9 Å². The molecule has 170 valence electrons. The van der Waals surface area contributed by atoms with Crippen molar-refractivity contribution in [1.29, 1.82) is 0 Å². The zero-order chi connectivity index (χ0) is 21.6. The summed E-state index contributed by atoms with van der Waals surface area (Å²) in [6.07, 6.45) is 4.94. The van der Waals surface area contributed by atoms with Crippen LogP contribution in [0.2, 0.25) is 0 Å². The molecule has 1 saturated heterocycles. The molecule has 0 radical (unpaired) electrons. The second kappa shape index (κ2) is 11.2. The molecule has 0 aliphatic carbocycles. The third kappa shape index (κ3) is 5.32. The number of methoxy groups -OCH3 is 1. The molecule has 0 unspecified atom stereocenters. The van der Waals surface area contributed by atoms with E-state index in [9.17, 15) is 4.39 Å². The van der Waals surface area contributed by atoms with Gasteiger partial charge in [0.05, 0.1) is 24.8 Å². The second-order valence-corrected chi connectivity index (χ2v) is 7.30. The average molecular weight is 550 g/mol. The lowest BCUT2D eigenvalue weighted by molar-refractivity contribution is 0.367. The van der Waals surface area contributed by atoms with Crippen LogP contribution in [0.4, 0.5) is 10.1 Å². The number of anilines is 1. The van der Waals surface area contributed by atoms with Gasteiger partial charge >= 0.3 is 0 Å². The van der Waals surface area contributed by atoms with Crippen molar-refractivity contribution in [2.75, 3.05) is 45.2 Å². The van der Waals surface area contributed by atoms with Crippen molar-refractivity contribution in [3.05, 3.63) is 72.6 Å². The zero-order valence-corrected chi connectivity index (χ0v) is 20.6. The summed E-state index contributed by atoms with van der Waals surface area (Å²) in [5.41, 5.74) is 2.45. The van der Waals surface area contributed by atoms with Gasteiger partial charge in [0.25, 0.3) is 0 Å². The Morgan fingerprint density at radius 3 is 2.56 bits per heavy atom. The van der Waals surface area contributed by atoms with Crippen LogP contribution in [0.25, 0.3) is 5.69 Å². The van der Waals surface area contributed by atoms with Gasteiger partial charge in [-0.15, -0.1) is 24.0 Å². The molecule has 0 amide bonds. The minimum absolute atomic E-state index is 0. The van der Waals surface area contributed by atoms with Crippen molar-refractivity contribution in [2.24, 2.45) is 4.99 Å². The van der Waals surface area contributed by atoms with Crippen LogP contribution in [-0.2, 0) is 6.54 Å². The second-order valence-electron chi connectivity index (χ2n) is 7.30. The summed E-state index contributed by atoms with van der Waals surface area (Å²) in [6.45, 7) is 3.92. The summed E-state index contributed by atoms with van der Waals surface area (Å²) in [6, 6.07) is 13.3. The highest BCUT2D eigenvalue weighted by molar-refractivity contribution is 14.0. The maximum atomic E-state index is 14.5. The van der Waals surface area contributed by atoms with Crippen molar-refractivity contribution < 1.29 is 9.13 Å². The lowest BCUT2D eigenvalue weighted by atomic mass is 10.2. The predicted octanol–water partition coefficient (Wildman–Crippen LogP) is 3.54. The number of guanidine groups is 1. The Bertz CT molecular complexity index is 1030. The molecule has 1 N–H and O–H groups in total. The first-order valence-corrected chi connectivity index (χ1v) is 10.3. The Morgan fingerprint density at radius 1 is 1.12 bits per heavy atom. The van der Waals surface area contributed by atoms with E-state index in [-0.39, 0.29) is 29.8 Å². The molecule has 4 rings (SSSR count). The van der Waals surface area contributed by atoms with Crippen LogP contribution in [0.1, 0.15) is 5.56 Å². The molecular weight excluding hydrogens is 522 g/mol. The van der Waals surface area contributed by atoms with Crippen LogP contribution in [0.3, 0.4) is 0 Å². The zero-order valence-electron chi connectivity index (χ0n) is 18.2. The van der Waals surface area contributed by atoms with Crippen molar-refractivity contribution >= 4 is 35.6 Å². The number of nitrogens with zero attached hydrogens (tertiary/aromatic N) is 5. The number of para-hydroxylation sites is 2. The Kier molecular flexibility index (Phi) is 8.32. The fourth-order valence-corrected chi connectivity index (χ4v) is 3.83. The van der Waals surface area contributed by atoms with Crippen LogP contribution < -0.4 is 15.0 Å². The molecule has 0 saturated carbocycles. The van der Waals surface area contributed by atoms with Gasteiger partial charge < -0.3 is 24.4 Å². The highest BCUT2D eigenvalue weighted by atomic mass is 127. The summed E-state index contributed by atoms with van der Waals surface area (Å²) in [5.74, 6) is 1.43. The van der Waals surface area contributed by atoms with E-state index in [1.807, 2.05) is 24.3 Å². The standard InChI is InChI=1S/C23H27FN6O.HI/c1-25-23(27-16-18-7-8-20(19(24)15-18)30-10-9-26-17-30)29-13-11-28(12-14-29)21-5-3-4-6-22(21)31-2;/h3-10,15,17H,11-14,16H2,1-2H3,(H,25,27);1H. The van der Waals surface area contributed by atoms with E-state index in [1.165, 1.54) is 0 Å². The summed E-state index contributed by atoms with van der Waals surface area (Å²) >= 11 is 0. The Morgan fingerprint density at radius 2 is 1.91 bits per heavy atom. The van der Waals surface area contributed by atoms with Crippen LogP contribution in [0, 0.1) is 5.82 Å². The van der Waals surface area contributed by atoms with E-state index in [2.05, 4.69) is 31.2 Å². The van der Waals surface area contributed by atoms with Gasteiger partial charge in [-0.1, -0.05) is 18.2 Å². The molecule has 2 heterocycles. The van der Waals surface area contributed by atoms with E-state index < -0.39 is 0 Å². The Labute approximate surface area is 204 Å². The number of hydrogen-bond acceptors (Lipinski definition) is 4. The van der Waals surface area contributed by atoms with Crippen LogP contribution in [0.15, 0.2) is 66.2 Å². The number of hydrogen-bond donors (Lipinski definition) is 1. The van der Waals surface area contributed by atoms with Crippen LogP contribution >= 0.6 is 24.0 Å². The molecule has 32 heavy (non-hydrogen) atoms. The first kappa shape index (κ1) is 23.8. The summed E-state index contributed by atoms with van der Waals surface area (Å²) < 4.78 is 21.7. The minimum Gasteiger partial charge on any atom is -0.495 e. The van der Waals surface area contributed by atoms with E-state index >= 15 is 0 Å². The largest absolute Gasteiger partial charge is 0.495 e. The molecule has 2 aromatic carbocycles. The van der Waals surface area contributed by atoms with Gasteiger partial charge in [0, 0.05) is 52.2 Å². The number of benzene rings is 2. The summed E-state index contributed by atoms with van der Waals surface area (Å²) in [5, 5.41) is 3.36. The molecule has 1 aliphatic rings. The minimum atomic E-state index is -0.280. The monoisotopic (exact) mass is 550 g/mol. The number of piperazine rings is 1. The molecule has 7 nitrogen and oxygen atoms in total. The maximum Gasteiger partial charge on any atom is 0.194 e. The number of rotatable bonds is 5. The molecule has 1 fully saturated rings. The fourth-order valence-electron chi connectivity index (χ4n) is 3.83. The number of nitrogens with one attached hydrogen (secondary N) is 1. The number of imidazole rings is 1. The van der Waals surface area contributed by atoms with Gasteiger partial charge in [-0.2, -0.15) is 0 Å². The van der Waals surface area contributed by atoms with Crippen molar-refractivity contribution in [3.63, 3.8) is 0 Å². The Balaban J connectivity index is 0.00000289. The normalized spacial score (nSPS) is 14.2. The highest BCUT2D eigenvalue weighted by Gasteiger charge is 2.21. The van der Waals surface area contributed by atoms with Gasteiger partial charge in [-0.05, 0) is 29.8 Å². The van der Waals surface area contributed by atoms with E-state index in [1.54, 1.807) is 49.6 Å². The van der Waals surface area contributed by atoms with Crippen molar-refractivity contribution in [1.82, 2.24) is 19.8 Å². The van der Waals surface area contributed by atoms with Gasteiger partial charge in [-0.25, -0.2) is 9.37 Å². The Hall–Kier alpha value is -2.82. The predicted molar refractivity (Wildman–Crippen MR) is 136 cm³/mol. The maximum absolute atomic E-state index is 14.5. The average Bonchev–Trinajstić information content (AvgIpc) is 3.34. The number of aliphatic imine (C=N–C) groups is 1. The van der Waals surface area contributed by atoms with Crippen LogP contribution in [-0.4, -0.2) is 60.7 Å². The molecule has 3 aromatic rings. The van der Waals surface area contributed by atoms with Gasteiger partial charge in [0.1, 0.15) is 11.6 Å². The first-order valence-electron chi connectivity index (χ1n) is 10.3. The fraction of sp³-hybridized carbons (Fsp3) is 0.304. The van der Waals surface area contributed by atoms with E-state index in [0.717, 1.165) is 49.1 Å². The SMILES string of the molecule is CN=C(NCc1ccc(-n2ccnc2)c(F)c1)N1CCN(c2ccccc2OC)CC1.I. The molecule has 1 aromatic heterocycles. The highest BCUT2D eigenvalue weighted by Crippen LogP contribution is 2.28.